The molecule has 2 saturated heterocycles. The Morgan fingerprint density at radius 1 is 0.458 bits per heavy atom. The zero-order valence-corrected chi connectivity index (χ0v) is 43.4. The van der Waals surface area contributed by atoms with Crippen LogP contribution < -0.4 is 0 Å². The number of carbonyl (C=O) groups excluding carboxylic acids is 2. The van der Waals surface area contributed by atoms with E-state index in [2.05, 4.69) is 98.9 Å². The van der Waals surface area contributed by atoms with Crippen LogP contribution in [0.25, 0.3) is 0 Å². The van der Waals surface area contributed by atoms with Gasteiger partial charge in [-0.1, -0.05) is 156 Å². The van der Waals surface area contributed by atoms with Crippen molar-refractivity contribution in [2.45, 2.75) is 223 Å². The van der Waals surface area contributed by atoms with Crippen LogP contribution in [0.15, 0.2) is 97.2 Å². The summed E-state index contributed by atoms with van der Waals surface area (Å²) in [5.41, 5.74) is 0. The van der Waals surface area contributed by atoms with E-state index < -0.39 is 99.3 Å². The first-order valence-electron chi connectivity index (χ1n) is 26.8. The first-order valence-corrected chi connectivity index (χ1v) is 26.8. The molecule has 0 aromatic heterocycles. The average molecular weight is 1020 g/mol. The summed E-state index contributed by atoms with van der Waals surface area (Å²) in [6.07, 6.45) is 37.4. The second kappa shape index (κ2) is 42.7. The third-order valence-electron chi connectivity index (χ3n) is 12.1. The molecule has 0 amide bonds. The van der Waals surface area contributed by atoms with Gasteiger partial charge in [-0.2, -0.15) is 0 Å². The van der Waals surface area contributed by atoms with Gasteiger partial charge in [0, 0.05) is 12.8 Å². The van der Waals surface area contributed by atoms with Gasteiger partial charge in [0.2, 0.25) is 0 Å². The van der Waals surface area contributed by atoms with Crippen LogP contribution in [0.1, 0.15) is 155 Å². The van der Waals surface area contributed by atoms with E-state index in [0.717, 1.165) is 77.0 Å². The fourth-order valence-electron chi connectivity index (χ4n) is 7.68. The highest BCUT2D eigenvalue weighted by atomic mass is 16.7. The number of unbranched alkanes of at least 4 members (excludes halogenated alkanes) is 10. The zero-order chi connectivity index (χ0) is 52.4. The molecular weight excluding hydrogens is 925 g/mol. The van der Waals surface area contributed by atoms with Gasteiger partial charge in [-0.25, -0.2) is 0 Å². The van der Waals surface area contributed by atoms with Gasteiger partial charge in [-0.05, 0) is 83.5 Å². The highest BCUT2D eigenvalue weighted by Gasteiger charge is 2.47. The topological polar surface area (TPSA) is 231 Å². The second-order valence-electron chi connectivity index (χ2n) is 18.3. The Bertz CT molecular complexity index is 1620. The summed E-state index contributed by atoms with van der Waals surface area (Å²) in [5, 5.41) is 72.1. The fraction of sp³-hybridized carbons (Fsp3) is 0.684. The maximum Gasteiger partial charge on any atom is 0.306 e. The summed E-state index contributed by atoms with van der Waals surface area (Å²) < 4.78 is 33.5. The molecule has 5 unspecified atom stereocenters. The molecule has 2 aliphatic rings. The first kappa shape index (κ1) is 64.5. The number of hydrogen-bond acceptors (Lipinski definition) is 15. The van der Waals surface area contributed by atoms with Crippen LogP contribution in [0.4, 0.5) is 0 Å². The number of esters is 2. The molecule has 11 atom stereocenters. The van der Waals surface area contributed by atoms with Crippen LogP contribution in [0.5, 0.6) is 0 Å². The summed E-state index contributed by atoms with van der Waals surface area (Å²) in [4.78, 5) is 25.7. The summed E-state index contributed by atoms with van der Waals surface area (Å²) in [6, 6.07) is 0. The number of aliphatic hydroxyl groups excluding tert-OH is 7. The normalized spacial score (nSPS) is 25.8. The molecule has 15 heteroatoms. The van der Waals surface area contributed by atoms with E-state index in [1.807, 2.05) is 12.2 Å². The molecule has 0 aromatic carbocycles. The summed E-state index contributed by atoms with van der Waals surface area (Å²) >= 11 is 0. The molecule has 2 fully saturated rings. The third kappa shape index (κ3) is 30.0. The standard InChI is InChI=1S/C57H92O15/c1-3-5-7-9-11-13-15-17-18-19-20-21-22-23-24-25-26-28-29-31-33-35-37-39-48(59)67-42-45(70-49(60)40-38-36-34-32-30-27-16-14-12-10-8-6-4-2)43-68-56-55(66)53(64)51(62)47(72-56)44-69-57-54(65)52(63)50(61)46(41-58)71-57/h5,7,11,13,17-18,20-21,23-24,26-28,30,34,36,45-47,50-58,61-66H,3-4,6,8-10,12,14-16,19,22,25,29,31-33,35,37-44H2,1-2H3/b7-5+,13-11+,18-17+,21-20+,24-23+,28-26+,30-27+,36-34+/t45?,46-,47-,50+,51+,52?,53?,54?,55?,56-,57-/m1/s1. The third-order valence-corrected chi connectivity index (χ3v) is 12.1. The molecule has 72 heavy (non-hydrogen) atoms. The Hall–Kier alpha value is -3.58. The number of allylic oxidation sites excluding steroid dienone is 16. The Balaban J connectivity index is 1.80. The Morgan fingerprint density at radius 2 is 0.903 bits per heavy atom. The van der Waals surface area contributed by atoms with E-state index in [0.29, 0.717) is 12.8 Å². The Morgan fingerprint density at radius 3 is 1.43 bits per heavy atom. The van der Waals surface area contributed by atoms with Crippen molar-refractivity contribution >= 4 is 11.9 Å². The monoisotopic (exact) mass is 1020 g/mol. The van der Waals surface area contributed by atoms with E-state index in [4.69, 9.17) is 28.4 Å². The molecule has 0 spiro atoms. The van der Waals surface area contributed by atoms with E-state index in [1.54, 1.807) is 0 Å². The number of hydrogen-bond donors (Lipinski definition) is 7. The molecule has 410 valence electrons. The predicted octanol–water partition coefficient (Wildman–Crippen LogP) is 8.15. The average Bonchev–Trinajstić information content (AvgIpc) is 3.37. The summed E-state index contributed by atoms with van der Waals surface area (Å²) in [7, 11) is 0. The van der Waals surface area contributed by atoms with E-state index >= 15 is 0 Å². The van der Waals surface area contributed by atoms with Crippen molar-refractivity contribution in [1.82, 2.24) is 0 Å². The van der Waals surface area contributed by atoms with Gasteiger partial charge >= 0.3 is 11.9 Å². The maximum atomic E-state index is 13.0. The van der Waals surface area contributed by atoms with Crippen LogP contribution in [-0.2, 0) is 38.0 Å². The van der Waals surface area contributed by atoms with Crippen LogP contribution in [0, 0.1) is 0 Å². The van der Waals surface area contributed by atoms with Crippen LogP contribution in [0.3, 0.4) is 0 Å². The van der Waals surface area contributed by atoms with Gasteiger partial charge in [0.1, 0.15) is 55.4 Å². The largest absolute Gasteiger partial charge is 0.462 e. The van der Waals surface area contributed by atoms with E-state index in [1.165, 1.54) is 38.5 Å². The lowest BCUT2D eigenvalue weighted by Gasteiger charge is -2.42. The predicted molar refractivity (Wildman–Crippen MR) is 279 cm³/mol. The van der Waals surface area contributed by atoms with Crippen LogP contribution in [-0.4, -0.2) is 142 Å². The fourth-order valence-corrected chi connectivity index (χ4v) is 7.68. The minimum atomic E-state index is -1.78. The smallest absolute Gasteiger partial charge is 0.306 e. The summed E-state index contributed by atoms with van der Waals surface area (Å²) in [5.74, 6) is -1.04. The maximum absolute atomic E-state index is 13.0. The SMILES string of the molecule is CC/C=C/C/C=C/C/C=C/C/C=C/C/C=C/C/C=C/CCCCCCC(=O)OCC(CO[C@@H]1O[C@H](CO[C@@H]2O[C@H](CO)[C@H](O)C(O)C2O)[C@H](O)C(O)C1O)OC(=O)CC/C=C/C/C=C/CCCCCCCC. The molecule has 2 aliphatic heterocycles. The second-order valence-corrected chi connectivity index (χ2v) is 18.3. The number of rotatable bonds is 40. The molecule has 15 nitrogen and oxygen atoms in total. The Kier molecular flexibility index (Phi) is 38.3. The molecule has 0 bridgehead atoms. The zero-order valence-electron chi connectivity index (χ0n) is 43.4. The lowest BCUT2D eigenvalue weighted by atomic mass is 9.98. The van der Waals surface area contributed by atoms with E-state index in [9.17, 15) is 45.3 Å². The highest BCUT2D eigenvalue weighted by Crippen LogP contribution is 2.26. The number of carbonyl (C=O) groups is 2. The van der Waals surface area contributed by atoms with Crippen molar-refractivity contribution in [1.29, 1.82) is 0 Å². The minimum Gasteiger partial charge on any atom is -0.462 e. The molecule has 0 saturated carbocycles. The molecule has 0 aliphatic carbocycles. The van der Waals surface area contributed by atoms with Crippen LogP contribution in [0.2, 0.25) is 0 Å². The molecular formula is C57H92O15. The van der Waals surface area contributed by atoms with E-state index in [-0.39, 0.29) is 19.4 Å². The molecule has 0 aromatic rings. The van der Waals surface area contributed by atoms with Crippen molar-refractivity contribution < 1.29 is 73.8 Å². The minimum absolute atomic E-state index is 0.0474. The molecule has 2 heterocycles. The van der Waals surface area contributed by atoms with Crippen molar-refractivity contribution in [3.8, 4) is 0 Å². The van der Waals surface area contributed by atoms with Crippen molar-refractivity contribution in [2.24, 2.45) is 0 Å². The van der Waals surface area contributed by atoms with Crippen LogP contribution >= 0.6 is 0 Å². The van der Waals surface area contributed by atoms with Gasteiger partial charge in [-0.3, -0.25) is 9.59 Å². The van der Waals surface area contributed by atoms with Gasteiger partial charge in [-0.15, -0.1) is 0 Å². The number of aliphatic hydroxyl groups is 7. The molecule has 0 radical (unpaired) electrons. The van der Waals surface area contributed by atoms with Crippen molar-refractivity contribution in [3.05, 3.63) is 97.2 Å². The summed E-state index contributed by atoms with van der Waals surface area (Å²) in [6.45, 7) is 2.36. The molecule has 7 N–H and O–H groups in total. The highest BCUT2D eigenvalue weighted by molar-refractivity contribution is 5.70. The first-order chi connectivity index (χ1) is 35.0. The van der Waals surface area contributed by atoms with Gasteiger partial charge in [0.25, 0.3) is 0 Å². The van der Waals surface area contributed by atoms with Gasteiger partial charge < -0.3 is 64.2 Å². The van der Waals surface area contributed by atoms with Crippen molar-refractivity contribution in [3.63, 3.8) is 0 Å². The van der Waals surface area contributed by atoms with Gasteiger partial charge in [0.05, 0.1) is 19.8 Å². The number of ether oxygens (including phenoxy) is 6. The van der Waals surface area contributed by atoms with Gasteiger partial charge in [0.15, 0.2) is 18.7 Å². The quantitative estimate of drug-likeness (QED) is 0.0174. The molecule has 2 rings (SSSR count). The lowest BCUT2D eigenvalue weighted by Crippen LogP contribution is -2.61. The Labute approximate surface area is 430 Å². The lowest BCUT2D eigenvalue weighted by molar-refractivity contribution is -0.332. The van der Waals surface area contributed by atoms with Crippen molar-refractivity contribution in [2.75, 3.05) is 26.4 Å².